The first-order valence-corrected chi connectivity index (χ1v) is 11.4. The molecule has 1 saturated carbocycles. The van der Waals surface area contributed by atoms with Crippen molar-refractivity contribution in [3.63, 3.8) is 0 Å². The summed E-state index contributed by atoms with van der Waals surface area (Å²) in [7, 11) is 0.665. The number of aryl methyl sites for hydroxylation is 1. The summed E-state index contributed by atoms with van der Waals surface area (Å²) in [5, 5.41) is 2.91. The molecule has 0 spiro atoms. The maximum Gasteiger partial charge on any atom is 0.240 e. The topological polar surface area (TPSA) is 78.5 Å². The zero-order chi connectivity index (χ0) is 20.9. The summed E-state index contributed by atoms with van der Waals surface area (Å²) in [4.78, 5) is 14.6. The molecule has 7 heteroatoms. The Balaban J connectivity index is 1.46. The molecule has 0 aromatic heterocycles. The van der Waals surface area contributed by atoms with Crippen LogP contribution in [0.25, 0.3) is 0 Å². The van der Waals surface area contributed by atoms with Gasteiger partial charge in [0, 0.05) is 24.7 Å². The first kappa shape index (κ1) is 21.5. The summed E-state index contributed by atoms with van der Waals surface area (Å²) >= 11 is 0. The Labute approximate surface area is 173 Å². The van der Waals surface area contributed by atoms with Gasteiger partial charge < -0.3 is 10.2 Å². The summed E-state index contributed by atoms with van der Waals surface area (Å²) in [5.74, 6) is -0.0573. The lowest BCUT2D eigenvalue weighted by Crippen LogP contribution is -2.25. The van der Waals surface area contributed by atoms with E-state index in [4.69, 9.17) is 0 Å². The fraction of sp³-hybridized carbons (Fsp3) is 0.409. The molecule has 1 aliphatic carbocycles. The maximum absolute atomic E-state index is 12.2. The number of likely N-dealkylation sites (N-methyl/N-ethyl adjacent to an activating group) is 1. The number of nitrogens with one attached hydrogen (secondary N) is 2. The Morgan fingerprint density at radius 2 is 1.55 bits per heavy atom. The number of amides is 1. The lowest BCUT2D eigenvalue weighted by Gasteiger charge is -2.10. The minimum Gasteiger partial charge on any atom is -0.326 e. The largest absolute Gasteiger partial charge is 0.326 e. The van der Waals surface area contributed by atoms with Crippen LogP contribution in [0.4, 0.5) is 5.69 Å². The van der Waals surface area contributed by atoms with Gasteiger partial charge in [0.15, 0.2) is 0 Å². The zero-order valence-electron chi connectivity index (χ0n) is 17.0. The third-order valence-corrected chi connectivity index (χ3v) is 6.40. The molecule has 1 amide bonds. The van der Waals surface area contributed by atoms with E-state index in [0.717, 1.165) is 37.1 Å². The number of benzene rings is 2. The van der Waals surface area contributed by atoms with Gasteiger partial charge in [-0.25, -0.2) is 13.1 Å². The molecule has 0 atom stereocenters. The van der Waals surface area contributed by atoms with Crippen molar-refractivity contribution in [3.8, 4) is 0 Å². The molecule has 0 unspecified atom stereocenters. The molecule has 1 fully saturated rings. The molecule has 0 saturated heterocycles. The molecule has 0 radical (unpaired) electrons. The first-order chi connectivity index (χ1) is 13.8. The summed E-state index contributed by atoms with van der Waals surface area (Å²) in [6, 6.07) is 14.8. The van der Waals surface area contributed by atoms with E-state index < -0.39 is 10.0 Å². The summed E-state index contributed by atoms with van der Waals surface area (Å²) < 4.78 is 27.0. The second kappa shape index (κ2) is 9.52. The van der Waals surface area contributed by atoms with Gasteiger partial charge in [0.25, 0.3) is 0 Å². The SMILES string of the molecule is CN(C)CCc1ccc(NC(=O)CCc2ccc(S(=O)(=O)NC3CC3)cc2)cc1. The Morgan fingerprint density at radius 1 is 0.966 bits per heavy atom. The van der Waals surface area contributed by atoms with Gasteiger partial charge in [-0.2, -0.15) is 0 Å². The standard InChI is InChI=1S/C22H29N3O3S/c1-25(2)16-15-18-3-8-19(9-4-18)23-22(26)14-7-17-5-12-21(13-6-17)29(27,28)24-20-10-11-20/h3-6,8-9,12-13,20,24H,7,10-11,14-16H2,1-2H3,(H,23,26). The number of rotatable bonds is 10. The monoisotopic (exact) mass is 415 g/mol. The number of hydrogen-bond donors (Lipinski definition) is 2. The highest BCUT2D eigenvalue weighted by Crippen LogP contribution is 2.22. The molecular weight excluding hydrogens is 386 g/mol. The molecule has 0 bridgehead atoms. The maximum atomic E-state index is 12.2. The van der Waals surface area contributed by atoms with E-state index in [0.29, 0.717) is 12.8 Å². The third kappa shape index (κ3) is 6.96. The van der Waals surface area contributed by atoms with Crippen molar-refractivity contribution >= 4 is 21.6 Å². The predicted octanol–water partition coefficient (Wildman–Crippen LogP) is 2.80. The van der Waals surface area contributed by atoms with Crippen molar-refractivity contribution in [3.05, 3.63) is 59.7 Å². The Hall–Kier alpha value is -2.22. The fourth-order valence-corrected chi connectivity index (χ4v) is 4.22. The van der Waals surface area contributed by atoms with Crippen LogP contribution in [-0.4, -0.2) is 45.9 Å². The number of hydrogen-bond acceptors (Lipinski definition) is 4. The normalized spacial score (nSPS) is 14.2. The summed E-state index contributed by atoms with van der Waals surface area (Å²) in [6.45, 7) is 0.989. The highest BCUT2D eigenvalue weighted by atomic mass is 32.2. The number of sulfonamides is 1. The Bertz CT molecular complexity index is 919. The van der Waals surface area contributed by atoms with E-state index in [1.807, 2.05) is 38.4 Å². The van der Waals surface area contributed by atoms with Crippen LogP contribution in [0.1, 0.15) is 30.4 Å². The van der Waals surface area contributed by atoms with Crippen molar-refractivity contribution in [1.29, 1.82) is 0 Å². The van der Waals surface area contributed by atoms with Crippen LogP contribution in [0.15, 0.2) is 53.4 Å². The highest BCUT2D eigenvalue weighted by molar-refractivity contribution is 7.89. The molecule has 0 heterocycles. The molecule has 156 valence electrons. The van der Waals surface area contributed by atoms with E-state index in [1.54, 1.807) is 24.3 Å². The number of anilines is 1. The van der Waals surface area contributed by atoms with Gasteiger partial charge in [0.05, 0.1) is 4.90 Å². The van der Waals surface area contributed by atoms with Crippen LogP contribution in [-0.2, 0) is 27.7 Å². The molecule has 29 heavy (non-hydrogen) atoms. The minimum absolute atomic E-state index is 0.0573. The Kier molecular flexibility index (Phi) is 7.05. The van der Waals surface area contributed by atoms with E-state index in [2.05, 4.69) is 14.9 Å². The second-order valence-electron chi connectivity index (χ2n) is 7.84. The average molecular weight is 416 g/mol. The molecular formula is C22H29N3O3S. The summed E-state index contributed by atoms with van der Waals surface area (Å²) in [5.41, 5.74) is 2.96. The third-order valence-electron chi connectivity index (χ3n) is 4.86. The van der Waals surface area contributed by atoms with Crippen LogP contribution in [0.2, 0.25) is 0 Å². The van der Waals surface area contributed by atoms with Gasteiger partial charge in [-0.05, 0) is 75.2 Å². The van der Waals surface area contributed by atoms with Gasteiger partial charge in [-0.3, -0.25) is 4.79 Å². The average Bonchev–Trinajstić information content (AvgIpc) is 3.49. The molecule has 6 nitrogen and oxygen atoms in total. The molecule has 2 N–H and O–H groups in total. The highest BCUT2D eigenvalue weighted by Gasteiger charge is 2.27. The quantitative estimate of drug-likeness (QED) is 0.625. The van der Waals surface area contributed by atoms with Gasteiger partial charge in [0.1, 0.15) is 0 Å². The van der Waals surface area contributed by atoms with Crippen molar-refractivity contribution in [1.82, 2.24) is 9.62 Å². The minimum atomic E-state index is -3.43. The number of carbonyl (C=O) groups is 1. The van der Waals surface area contributed by atoms with Crippen molar-refractivity contribution in [2.45, 2.75) is 43.0 Å². The fourth-order valence-electron chi connectivity index (χ4n) is 2.91. The van der Waals surface area contributed by atoms with E-state index in [-0.39, 0.29) is 16.8 Å². The van der Waals surface area contributed by atoms with Crippen LogP contribution in [0.3, 0.4) is 0 Å². The van der Waals surface area contributed by atoms with Gasteiger partial charge in [-0.15, -0.1) is 0 Å². The molecule has 2 aromatic carbocycles. The lowest BCUT2D eigenvalue weighted by atomic mass is 10.1. The van der Waals surface area contributed by atoms with Gasteiger partial charge >= 0.3 is 0 Å². The Morgan fingerprint density at radius 3 is 2.14 bits per heavy atom. The van der Waals surface area contributed by atoms with Gasteiger partial charge in [0.2, 0.25) is 15.9 Å². The van der Waals surface area contributed by atoms with Crippen molar-refractivity contribution in [2.75, 3.05) is 26.0 Å². The molecule has 3 rings (SSSR count). The first-order valence-electron chi connectivity index (χ1n) is 9.96. The number of carbonyl (C=O) groups excluding carboxylic acids is 1. The smallest absolute Gasteiger partial charge is 0.240 e. The van der Waals surface area contributed by atoms with Crippen LogP contribution in [0.5, 0.6) is 0 Å². The van der Waals surface area contributed by atoms with Crippen molar-refractivity contribution in [2.24, 2.45) is 0 Å². The summed E-state index contributed by atoms with van der Waals surface area (Å²) in [6.07, 6.45) is 3.69. The van der Waals surface area contributed by atoms with Crippen LogP contribution < -0.4 is 10.0 Å². The molecule has 0 aliphatic heterocycles. The molecule has 2 aromatic rings. The van der Waals surface area contributed by atoms with Crippen LogP contribution >= 0.6 is 0 Å². The van der Waals surface area contributed by atoms with E-state index in [9.17, 15) is 13.2 Å². The van der Waals surface area contributed by atoms with E-state index >= 15 is 0 Å². The van der Waals surface area contributed by atoms with Crippen LogP contribution in [0, 0.1) is 0 Å². The van der Waals surface area contributed by atoms with E-state index in [1.165, 1.54) is 5.56 Å². The molecule has 1 aliphatic rings. The van der Waals surface area contributed by atoms with Gasteiger partial charge in [-0.1, -0.05) is 24.3 Å². The second-order valence-corrected chi connectivity index (χ2v) is 9.55. The number of nitrogens with zero attached hydrogens (tertiary/aromatic N) is 1. The predicted molar refractivity (Wildman–Crippen MR) is 115 cm³/mol. The lowest BCUT2D eigenvalue weighted by molar-refractivity contribution is -0.116. The van der Waals surface area contributed by atoms with Crippen molar-refractivity contribution < 1.29 is 13.2 Å². The zero-order valence-corrected chi connectivity index (χ0v) is 17.8.